The average molecular weight is 247 g/mol. The van der Waals surface area contributed by atoms with E-state index in [9.17, 15) is 4.79 Å². The smallest absolute Gasteiger partial charge is 0.248 e. The molecule has 2 aromatic rings. The highest BCUT2D eigenvalue weighted by Crippen LogP contribution is 2.10. The molecule has 1 unspecified atom stereocenters. The zero-order valence-electron chi connectivity index (χ0n) is 10.6. The molecule has 1 amide bonds. The maximum Gasteiger partial charge on any atom is 0.248 e. The number of methoxy groups -OCH3 is 1. The quantitative estimate of drug-likeness (QED) is 0.835. The van der Waals surface area contributed by atoms with Gasteiger partial charge in [-0.25, -0.2) is 4.98 Å². The van der Waals surface area contributed by atoms with Crippen LogP contribution in [0.1, 0.15) is 12.7 Å². The van der Waals surface area contributed by atoms with Crippen LogP contribution >= 0.6 is 0 Å². The van der Waals surface area contributed by atoms with Crippen LogP contribution in [0.15, 0.2) is 24.3 Å². The van der Waals surface area contributed by atoms with E-state index in [0.717, 1.165) is 16.9 Å². The van der Waals surface area contributed by atoms with E-state index in [2.05, 4.69) is 15.3 Å². The number of benzene rings is 1. The summed E-state index contributed by atoms with van der Waals surface area (Å²) in [6.07, 6.45) is 0.261. The van der Waals surface area contributed by atoms with Crippen molar-refractivity contribution in [2.75, 3.05) is 13.7 Å². The average Bonchev–Trinajstić information content (AvgIpc) is 2.80. The van der Waals surface area contributed by atoms with E-state index in [4.69, 9.17) is 4.74 Å². The minimum absolute atomic E-state index is 0.103. The van der Waals surface area contributed by atoms with Crippen LogP contribution in [0, 0.1) is 0 Å². The number of nitrogens with one attached hydrogen (secondary N) is 2. The van der Waals surface area contributed by atoms with Crippen molar-refractivity contribution in [2.24, 2.45) is 0 Å². The predicted octanol–water partition coefficient (Wildman–Crippen LogP) is 1.26. The van der Waals surface area contributed by atoms with Gasteiger partial charge >= 0.3 is 0 Å². The standard InChI is InChI=1S/C13H17N3O2/c1-9(18-2)13(17)14-8-7-12-15-10-5-3-4-6-11(10)16-12/h3-6,9H,7-8H2,1-2H3,(H,14,17)(H,15,16). The highest BCUT2D eigenvalue weighted by atomic mass is 16.5. The van der Waals surface area contributed by atoms with Crippen molar-refractivity contribution in [3.63, 3.8) is 0 Å². The number of fused-ring (bicyclic) bond motifs is 1. The number of aromatic nitrogens is 2. The van der Waals surface area contributed by atoms with Crippen LogP contribution in [0.3, 0.4) is 0 Å². The topological polar surface area (TPSA) is 67.0 Å². The van der Waals surface area contributed by atoms with Gasteiger partial charge in [-0.3, -0.25) is 4.79 Å². The Hall–Kier alpha value is -1.88. The van der Waals surface area contributed by atoms with Gasteiger partial charge in [0.05, 0.1) is 11.0 Å². The van der Waals surface area contributed by atoms with Gasteiger partial charge in [-0.05, 0) is 19.1 Å². The van der Waals surface area contributed by atoms with Crippen LogP contribution in [0.4, 0.5) is 0 Å². The summed E-state index contributed by atoms with van der Waals surface area (Å²) in [6.45, 7) is 2.27. The lowest BCUT2D eigenvalue weighted by Crippen LogP contribution is -2.35. The fourth-order valence-corrected chi connectivity index (χ4v) is 1.68. The van der Waals surface area contributed by atoms with Crippen LogP contribution in [0.5, 0.6) is 0 Å². The molecular weight excluding hydrogens is 230 g/mol. The number of imidazole rings is 1. The molecule has 0 spiro atoms. The summed E-state index contributed by atoms with van der Waals surface area (Å²) >= 11 is 0. The lowest BCUT2D eigenvalue weighted by atomic mass is 10.3. The van der Waals surface area contributed by atoms with Gasteiger partial charge in [0.1, 0.15) is 11.9 Å². The molecule has 0 saturated heterocycles. The molecule has 0 bridgehead atoms. The number of nitrogens with zero attached hydrogens (tertiary/aromatic N) is 1. The Morgan fingerprint density at radius 3 is 3.00 bits per heavy atom. The Bertz CT molecular complexity index is 503. The molecule has 1 aromatic heterocycles. The van der Waals surface area contributed by atoms with Crippen LogP contribution in [-0.4, -0.2) is 35.6 Å². The van der Waals surface area contributed by atoms with Crippen LogP contribution in [0.2, 0.25) is 0 Å². The molecule has 0 fully saturated rings. The summed E-state index contributed by atoms with van der Waals surface area (Å²) in [7, 11) is 1.52. The fourth-order valence-electron chi connectivity index (χ4n) is 1.68. The van der Waals surface area contributed by atoms with Crippen molar-refractivity contribution in [1.82, 2.24) is 15.3 Å². The summed E-state index contributed by atoms with van der Waals surface area (Å²) in [6, 6.07) is 7.86. The largest absolute Gasteiger partial charge is 0.372 e. The molecule has 1 aromatic carbocycles. The lowest BCUT2D eigenvalue weighted by Gasteiger charge is -2.09. The summed E-state index contributed by atoms with van der Waals surface area (Å²) in [5.41, 5.74) is 1.97. The second-order valence-electron chi connectivity index (χ2n) is 4.12. The Kier molecular flexibility index (Phi) is 3.94. The van der Waals surface area contributed by atoms with Gasteiger partial charge in [0, 0.05) is 20.1 Å². The Morgan fingerprint density at radius 1 is 1.50 bits per heavy atom. The highest BCUT2D eigenvalue weighted by molar-refractivity contribution is 5.80. The molecule has 96 valence electrons. The number of H-pyrrole nitrogens is 1. The molecule has 0 saturated carbocycles. The molecule has 18 heavy (non-hydrogen) atoms. The van der Waals surface area contributed by atoms with Crippen molar-refractivity contribution in [3.8, 4) is 0 Å². The Morgan fingerprint density at radius 2 is 2.28 bits per heavy atom. The van der Waals surface area contributed by atoms with E-state index in [1.807, 2.05) is 24.3 Å². The third-order valence-corrected chi connectivity index (χ3v) is 2.82. The summed E-state index contributed by atoms with van der Waals surface area (Å²) < 4.78 is 4.93. The first-order valence-corrected chi connectivity index (χ1v) is 5.95. The van der Waals surface area contributed by atoms with Crippen molar-refractivity contribution >= 4 is 16.9 Å². The number of rotatable bonds is 5. The van der Waals surface area contributed by atoms with Crippen LogP contribution < -0.4 is 5.32 Å². The number of hydrogen-bond acceptors (Lipinski definition) is 3. The van der Waals surface area contributed by atoms with E-state index in [1.165, 1.54) is 7.11 Å². The zero-order chi connectivity index (χ0) is 13.0. The SMILES string of the molecule is COC(C)C(=O)NCCc1nc2ccccc2[nH]1. The van der Waals surface area contributed by atoms with E-state index in [1.54, 1.807) is 6.92 Å². The van der Waals surface area contributed by atoms with Crippen LogP contribution in [0.25, 0.3) is 11.0 Å². The lowest BCUT2D eigenvalue weighted by molar-refractivity contribution is -0.129. The molecular formula is C13H17N3O2. The van der Waals surface area contributed by atoms with Crippen molar-refractivity contribution in [2.45, 2.75) is 19.4 Å². The fraction of sp³-hybridized carbons (Fsp3) is 0.385. The second-order valence-corrected chi connectivity index (χ2v) is 4.12. The Balaban J connectivity index is 1.89. The molecule has 5 heteroatoms. The monoisotopic (exact) mass is 247 g/mol. The van der Waals surface area contributed by atoms with Gasteiger partial charge in [0.2, 0.25) is 5.91 Å². The second kappa shape index (κ2) is 5.64. The first kappa shape index (κ1) is 12.6. The highest BCUT2D eigenvalue weighted by Gasteiger charge is 2.10. The maximum atomic E-state index is 11.5. The van der Waals surface area contributed by atoms with Gasteiger partial charge in [-0.2, -0.15) is 0 Å². The first-order chi connectivity index (χ1) is 8.70. The third kappa shape index (κ3) is 2.87. The molecule has 2 N–H and O–H groups in total. The molecule has 1 heterocycles. The third-order valence-electron chi connectivity index (χ3n) is 2.82. The van der Waals surface area contributed by atoms with Crippen molar-refractivity contribution < 1.29 is 9.53 Å². The molecule has 0 aliphatic rings. The molecule has 0 aliphatic heterocycles. The number of aromatic amines is 1. The summed E-state index contributed by atoms with van der Waals surface area (Å²) in [4.78, 5) is 19.1. The van der Waals surface area contributed by atoms with Gasteiger partial charge in [0.25, 0.3) is 0 Å². The molecule has 0 radical (unpaired) electrons. The molecule has 2 rings (SSSR count). The van der Waals surface area contributed by atoms with Gasteiger partial charge < -0.3 is 15.0 Å². The number of carbonyl (C=O) groups excluding carboxylic acids is 1. The number of para-hydroxylation sites is 2. The minimum Gasteiger partial charge on any atom is -0.372 e. The Labute approximate surface area is 106 Å². The minimum atomic E-state index is -0.416. The number of carbonyl (C=O) groups is 1. The number of hydrogen-bond donors (Lipinski definition) is 2. The van der Waals surface area contributed by atoms with E-state index in [-0.39, 0.29) is 5.91 Å². The van der Waals surface area contributed by atoms with Gasteiger partial charge in [-0.1, -0.05) is 12.1 Å². The summed E-state index contributed by atoms with van der Waals surface area (Å²) in [5, 5.41) is 2.80. The van der Waals surface area contributed by atoms with Crippen LogP contribution in [-0.2, 0) is 16.0 Å². The molecule has 1 atom stereocenters. The van der Waals surface area contributed by atoms with Gasteiger partial charge in [-0.15, -0.1) is 0 Å². The normalized spacial score (nSPS) is 12.6. The van der Waals surface area contributed by atoms with Gasteiger partial charge in [0.15, 0.2) is 0 Å². The zero-order valence-corrected chi connectivity index (χ0v) is 10.6. The van der Waals surface area contributed by atoms with Crippen molar-refractivity contribution in [3.05, 3.63) is 30.1 Å². The maximum absolute atomic E-state index is 11.5. The molecule has 0 aliphatic carbocycles. The predicted molar refractivity (Wildman–Crippen MR) is 69.3 cm³/mol. The van der Waals surface area contributed by atoms with E-state index in [0.29, 0.717) is 13.0 Å². The molecule has 5 nitrogen and oxygen atoms in total. The van der Waals surface area contributed by atoms with E-state index >= 15 is 0 Å². The number of ether oxygens (including phenoxy) is 1. The first-order valence-electron chi connectivity index (χ1n) is 5.95. The number of amides is 1. The van der Waals surface area contributed by atoms with E-state index < -0.39 is 6.10 Å². The van der Waals surface area contributed by atoms with Crippen molar-refractivity contribution in [1.29, 1.82) is 0 Å². The summed E-state index contributed by atoms with van der Waals surface area (Å²) in [5.74, 6) is 0.773.